The molecule has 0 atom stereocenters. The molecule has 0 aliphatic heterocycles. The van der Waals surface area contributed by atoms with Gasteiger partial charge in [-0.25, -0.2) is 18.0 Å². The minimum Gasteiger partial charge on any atom is -0.428 e. The molecule has 8 heteroatoms. The van der Waals surface area contributed by atoms with Crippen LogP contribution in [0.2, 0.25) is 0 Å². The van der Waals surface area contributed by atoms with Gasteiger partial charge in [-0.05, 0) is 20.8 Å². The second-order valence-electron chi connectivity index (χ2n) is 4.47. The molecule has 1 aromatic carbocycles. The van der Waals surface area contributed by atoms with E-state index in [1.54, 1.807) is 0 Å². The molecule has 0 amide bonds. The smallest absolute Gasteiger partial charge is 0.428 e. The summed E-state index contributed by atoms with van der Waals surface area (Å²) < 4.78 is 73.1. The number of hydrogen-bond acceptors (Lipinski definition) is 3. The maximum absolute atomic E-state index is 13.1. The molecular weight excluding hydrogens is 275 g/mol. The molecule has 0 bridgehead atoms. The summed E-state index contributed by atoms with van der Waals surface area (Å²) in [6.45, 7) is 4.27. The molecule has 0 spiro atoms. The highest BCUT2D eigenvalue weighted by atomic mass is 19.2. The van der Waals surface area contributed by atoms with Crippen molar-refractivity contribution in [1.82, 2.24) is 0 Å². The summed E-state index contributed by atoms with van der Waals surface area (Å²) in [7, 11) is 0. The van der Waals surface area contributed by atoms with Crippen molar-refractivity contribution >= 4 is 6.16 Å². The van der Waals surface area contributed by atoms with Crippen LogP contribution in [0.1, 0.15) is 20.8 Å². The maximum atomic E-state index is 13.1. The molecule has 0 heterocycles. The zero-order valence-corrected chi connectivity index (χ0v) is 10.1. The molecule has 0 aliphatic carbocycles. The highest BCUT2D eigenvalue weighted by Gasteiger charge is 2.30. The Bertz CT molecular complexity index is 493. The van der Waals surface area contributed by atoms with Crippen LogP contribution in [0, 0.1) is 29.1 Å². The van der Waals surface area contributed by atoms with Crippen molar-refractivity contribution in [3.8, 4) is 5.75 Å². The highest BCUT2D eigenvalue weighted by molar-refractivity contribution is 5.64. The minimum absolute atomic E-state index is 1.05. The standard InChI is InChI=1S/C11H9F5O3/c1-11(2,3)19-10(17)18-9-7(15)5(13)4(12)6(14)8(9)16/h1-3H3. The number of hydrogen-bond donors (Lipinski definition) is 0. The van der Waals surface area contributed by atoms with Gasteiger partial charge in [-0.3, -0.25) is 0 Å². The van der Waals surface area contributed by atoms with Crippen LogP contribution in [0.5, 0.6) is 5.75 Å². The summed E-state index contributed by atoms with van der Waals surface area (Å²) in [5, 5.41) is 0. The van der Waals surface area contributed by atoms with Crippen molar-refractivity contribution in [2.24, 2.45) is 0 Å². The van der Waals surface area contributed by atoms with Crippen LogP contribution in [0.25, 0.3) is 0 Å². The Labute approximate surface area is 104 Å². The van der Waals surface area contributed by atoms with Crippen LogP contribution >= 0.6 is 0 Å². The van der Waals surface area contributed by atoms with Crippen molar-refractivity contribution in [1.29, 1.82) is 0 Å². The summed E-state index contributed by atoms with van der Waals surface area (Å²) in [5.41, 5.74) is -1.05. The van der Waals surface area contributed by atoms with E-state index in [0.29, 0.717) is 0 Å². The molecule has 1 aromatic rings. The first-order valence-corrected chi connectivity index (χ1v) is 4.97. The van der Waals surface area contributed by atoms with Gasteiger partial charge in [0.25, 0.3) is 0 Å². The third-order valence-electron chi connectivity index (χ3n) is 1.74. The predicted molar refractivity (Wildman–Crippen MR) is 53.1 cm³/mol. The van der Waals surface area contributed by atoms with Crippen molar-refractivity contribution in [2.45, 2.75) is 26.4 Å². The third kappa shape index (κ3) is 3.33. The second-order valence-corrected chi connectivity index (χ2v) is 4.47. The largest absolute Gasteiger partial charge is 0.514 e. The Morgan fingerprint density at radius 2 is 1.21 bits per heavy atom. The Morgan fingerprint density at radius 1 is 0.842 bits per heavy atom. The molecule has 0 fully saturated rings. The first kappa shape index (κ1) is 15.2. The lowest BCUT2D eigenvalue weighted by atomic mass is 10.2. The van der Waals surface area contributed by atoms with E-state index < -0.39 is 46.6 Å². The predicted octanol–water partition coefficient (Wildman–Crippen LogP) is 3.70. The molecule has 19 heavy (non-hydrogen) atoms. The van der Waals surface area contributed by atoms with E-state index in [2.05, 4.69) is 9.47 Å². The van der Waals surface area contributed by atoms with Gasteiger partial charge in [0.05, 0.1) is 0 Å². The van der Waals surface area contributed by atoms with Crippen molar-refractivity contribution in [2.75, 3.05) is 0 Å². The van der Waals surface area contributed by atoms with Crippen molar-refractivity contribution in [3.05, 3.63) is 29.1 Å². The van der Waals surface area contributed by atoms with Gasteiger partial charge >= 0.3 is 6.16 Å². The lowest BCUT2D eigenvalue weighted by Gasteiger charge is -2.19. The first-order chi connectivity index (χ1) is 8.54. The molecule has 0 saturated heterocycles. The zero-order valence-electron chi connectivity index (χ0n) is 10.1. The number of benzene rings is 1. The monoisotopic (exact) mass is 284 g/mol. The third-order valence-corrected chi connectivity index (χ3v) is 1.74. The van der Waals surface area contributed by atoms with E-state index >= 15 is 0 Å². The fraction of sp³-hybridized carbons (Fsp3) is 0.364. The summed E-state index contributed by atoms with van der Waals surface area (Å²) in [4.78, 5) is 11.1. The van der Waals surface area contributed by atoms with E-state index in [0.717, 1.165) is 0 Å². The fourth-order valence-corrected chi connectivity index (χ4v) is 1.03. The second kappa shape index (κ2) is 5.02. The molecule has 0 unspecified atom stereocenters. The van der Waals surface area contributed by atoms with Gasteiger partial charge in [0.15, 0.2) is 0 Å². The van der Waals surface area contributed by atoms with Gasteiger partial charge in [0.1, 0.15) is 5.60 Å². The normalized spacial score (nSPS) is 11.4. The molecule has 0 aliphatic rings. The Balaban J connectivity index is 3.13. The average Bonchev–Trinajstić information content (AvgIpc) is 2.27. The lowest BCUT2D eigenvalue weighted by Crippen LogP contribution is -2.26. The minimum atomic E-state index is -2.34. The van der Waals surface area contributed by atoms with Crippen LogP contribution in [0.3, 0.4) is 0 Å². The molecule has 3 nitrogen and oxygen atoms in total. The molecule has 0 N–H and O–H groups in total. The van der Waals surface area contributed by atoms with E-state index in [1.165, 1.54) is 20.8 Å². The average molecular weight is 284 g/mol. The topological polar surface area (TPSA) is 35.5 Å². The fourth-order valence-electron chi connectivity index (χ4n) is 1.03. The van der Waals surface area contributed by atoms with Crippen LogP contribution in [0.15, 0.2) is 0 Å². The van der Waals surface area contributed by atoms with Gasteiger partial charge in [0.2, 0.25) is 34.8 Å². The van der Waals surface area contributed by atoms with Crippen LogP contribution < -0.4 is 4.74 Å². The first-order valence-electron chi connectivity index (χ1n) is 4.97. The molecule has 0 aromatic heterocycles. The van der Waals surface area contributed by atoms with Gasteiger partial charge in [0, 0.05) is 0 Å². The SMILES string of the molecule is CC(C)(C)OC(=O)Oc1c(F)c(F)c(F)c(F)c1F. The summed E-state index contributed by atoms with van der Waals surface area (Å²) in [5.74, 6) is -13.0. The Morgan fingerprint density at radius 3 is 1.58 bits per heavy atom. The summed E-state index contributed by atoms with van der Waals surface area (Å²) >= 11 is 0. The molecular formula is C11H9F5O3. The Hall–Kier alpha value is -1.86. The van der Waals surface area contributed by atoms with Gasteiger partial charge < -0.3 is 9.47 Å². The van der Waals surface area contributed by atoms with Crippen LogP contribution in [-0.2, 0) is 4.74 Å². The van der Waals surface area contributed by atoms with Crippen molar-refractivity contribution in [3.63, 3.8) is 0 Å². The molecule has 0 saturated carbocycles. The van der Waals surface area contributed by atoms with Gasteiger partial charge in [-0.2, -0.15) is 8.78 Å². The zero-order chi connectivity index (χ0) is 15.0. The van der Waals surface area contributed by atoms with E-state index in [-0.39, 0.29) is 0 Å². The number of halogens is 5. The van der Waals surface area contributed by atoms with Crippen LogP contribution in [0.4, 0.5) is 26.7 Å². The molecule has 0 radical (unpaired) electrons. The summed E-state index contributed by atoms with van der Waals surface area (Å²) in [6, 6.07) is 0. The summed E-state index contributed by atoms with van der Waals surface area (Å²) in [6.07, 6.45) is -1.59. The highest BCUT2D eigenvalue weighted by Crippen LogP contribution is 2.29. The molecule has 1 rings (SSSR count). The quantitative estimate of drug-likeness (QED) is 0.259. The molecule has 106 valence electrons. The van der Waals surface area contributed by atoms with Crippen molar-refractivity contribution < 1.29 is 36.2 Å². The van der Waals surface area contributed by atoms with Gasteiger partial charge in [-0.1, -0.05) is 0 Å². The van der Waals surface area contributed by atoms with E-state index in [4.69, 9.17) is 0 Å². The Kier molecular flexibility index (Phi) is 4.02. The number of carbonyl (C=O) groups excluding carboxylic acids is 1. The maximum Gasteiger partial charge on any atom is 0.514 e. The number of carbonyl (C=O) groups is 1. The van der Waals surface area contributed by atoms with Gasteiger partial charge in [-0.15, -0.1) is 0 Å². The van der Waals surface area contributed by atoms with E-state index in [1.807, 2.05) is 0 Å². The number of rotatable bonds is 1. The number of ether oxygens (including phenoxy) is 2. The lowest BCUT2D eigenvalue weighted by molar-refractivity contribution is 0.0185. The van der Waals surface area contributed by atoms with E-state index in [9.17, 15) is 26.7 Å². The van der Waals surface area contributed by atoms with Crippen LogP contribution in [-0.4, -0.2) is 11.8 Å².